The SMILES string of the molecule is COc1cc(C(=O)N[C@@H](CCSC)C(=O)O)ccc1N.N[C@@H](CS)C(=O)O.O=C(O)C(F)(F)F. The number of thioether (sulfide) groups is 1. The minimum absolute atomic E-state index is 0.190. The number of carbonyl (C=O) groups excluding carboxylic acids is 1. The molecule has 0 aromatic heterocycles. The molecular formula is C18H26F3N3O8S2. The zero-order valence-electron chi connectivity index (χ0n) is 18.0. The van der Waals surface area contributed by atoms with E-state index in [1.807, 2.05) is 6.26 Å². The third-order valence-electron chi connectivity index (χ3n) is 3.47. The summed E-state index contributed by atoms with van der Waals surface area (Å²) in [6.07, 6.45) is -2.83. The van der Waals surface area contributed by atoms with E-state index in [1.165, 1.54) is 31.0 Å². The largest absolute Gasteiger partial charge is 0.495 e. The van der Waals surface area contributed by atoms with E-state index in [-0.39, 0.29) is 5.75 Å². The summed E-state index contributed by atoms with van der Waals surface area (Å²) < 4.78 is 36.8. The Labute approximate surface area is 202 Å². The van der Waals surface area contributed by atoms with Crippen LogP contribution in [0.5, 0.6) is 5.75 Å². The lowest BCUT2D eigenvalue weighted by molar-refractivity contribution is -0.192. The van der Waals surface area contributed by atoms with Crippen molar-refractivity contribution in [1.29, 1.82) is 0 Å². The lowest BCUT2D eigenvalue weighted by Crippen LogP contribution is -2.41. The number of aliphatic carboxylic acids is 3. The minimum Gasteiger partial charge on any atom is -0.495 e. The number of carboxylic acids is 3. The van der Waals surface area contributed by atoms with Crippen molar-refractivity contribution in [2.75, 3.05) is 30.6 Å². The summed E-state index contributed by atoms with van der Waals surface area (Å²) in [6, 6.07) is 2.84. The number of ether oxygens (including phenoxy) is 1. The van der Waals surface area contributed by atoms with E-state index in [9.17, 15) is 27.6 Å². The van der Waals surface area contributed by atoms with Crippen LogP contribution in [0.25, 0.3) is 0 Å². The number of amides is 1. The van der Waals surface area contributed by atoms with Crippen LogP contribution in [0.1, 0.15) is 16.8 Å². The predicted octanol–water partition coefficient (Wildman–Crippen LogP) is 1.17. The number of carboxylic acid groups (broad SMARTS) is 3. The number of nitrogens with one attached hydrogen (secondary N) is 1. The highest BCUT2D eigenvalue weighted by atomic mass is 32.2. The van der Waals surface area contributed by atoms with E-state index in [1.54, 1.807) is 6.07 Å². The number of alkyl halides is 3. The molecule has 1 aromatic carbocycles. The number of nitrogen functional groups attached to an aromatic ring is 1. The Hall–Kier alpha value is -2.85. The molecule has 2 atom stereocenters. The number of hydrogen-bond donors (Lipinski definition) is 7. The smallest absolute Gasteiger partial charge is 0.490 e. The highest BCUT2D eigenvalue weighted by molar-refractivity contribution is 7.98. The number of halogens is 3. The maximum Gasteiger partial charge on any atom is 0.490 e. The molecule has 0 spiro atoms. The van der Waals surface area contributed by atoms with Gasteiger partial charge in [0.2, 0.25) is 0 Å². The summed E-state index contributed by atoms with van der Waals surface area (Å²) in [5.41, 5.74) is 11.3. The molecule has 0 heterocycles. The van der Waals surface area contributed by atoms with E-state index in [4.69, 9.17) is 36.3 Å². The number of carbonyl (C=O) groups is 4. The van der Waals surface area contributed by atoms with Gasteiger partial charge in [0.15, 0.2) is 0 Å². The van der Waals surface area contributed by atoms with Crippen molar-refractivity contribution < 1.29 is 52.4 Å². The second kappa shape index (κ2) is 16.7. The molecule has 0 saturated carbocycles. The van der Waals surface area contributed by atoms with Gasteiger partial charge in [-0.25, -0.2) is 9.59 Å². The first-order valence-corrected chi connectivity index (χ1v) is 11.0. The van der Waals surface area contributed by atoms with Crippen molar-refractivity contribution in [3.8, 4) is 5.75 Å². The number of nitrogens with two attached hydrogens (primary N) is 2. The monoisotopic (exact) mass is 533 g/mol. The Morgan fingerprint density at radius 1 is 1.18 bits per heavy atom. The molecule has 16 heteroatoms. The first-order valence-electron chi connectivity index (χ1n) is 8.97. The Bertz CT molecular complexity index is 828. The molecule has 1 aromatic rings. The van der Waals surface area contributed by atoms with Gasteiger partial charge in [-0.3, -0.25) is 9.59 Å². The zero-order chi connectivity index (χ0) is 27.1. The standard InChI is InChI=1S/C13H18N2O4S.C3H7NO2S.C2HF3O2/c1-19-11-7-8(3-4-9(11)14)12(16)15-10(13(17)18)5-6-20-2;4-2(1-7)3(5)6;3-2(4,5)1(6)7/h3-4,7,10H,5-6,14H2,1-2H3,(H,15,16)(H,17,18);2,7H,1,4H2,(H,5,6);(H,6,7)/t10-;2-;/m00./s1. The summed E-state index contributed by atoms with van der Waals surface area (Å²) >= 11 is 5.18. The molecule has 11 nitrogen and oxygen atoms in total. The molecule has 0 radical (unpaired) electrons. The van der Waals surface area contributed by atoms with Crippen LogP contribution in [0.4, 0.5) is 18.9 Å². The summed E-state index contributed by atoms with van der Waals surface area (Å²) in [7, 11) is 1.45. The normalized spacial score (nSPS) is 12.0. The van der Waals surface area contributed by atoms with Gasteiger partial charge < -0.3 is 36.8 Å². The Morgan fingerprint density at radius 3 is 2.03 bits per heavy atom. The fourth-order valence-electron chi connectivity index (χ4n) is 1.67. The fraction of sp³-hybridized carbons (Fsp3) is 0.444. The van der Waals surface area contributed by atoms with Crippen molar-refractivity contribution in [1.82, 2.24) is 5.32 Å². The van der Waals surface area contributed by atoms with Crippen LogP contribution in [0.2, 0.25) is 0 Å². The van der Waals surface area contributed by atoms with E-state index >= 15 is 0 Å². The molecule has 1 amide bonds. The van der Waals surface area contributed by atoms with E-state index < -0.39 is 42.1 Å². The Morgan fingerprint density at radius 2 is 1.71 bits per heavy atom. The van der Waals surface area contributed by atoms with E-state index in [0.717, 1.165) is 0 Å². The van der Waals surface area contributed by atoms with Gasteiger partial charge in [0.1, 0.15) is 17.8 Å². The quantitative estimate of drug-likeness (QED) is 0.177. The number of hydrogen-bond acceptors (Lipinski definition) is 9. The van der Waals surface area contributed by atoms with Crippen LogP contribution in [-0.2, 0) is 14.4 Å². The number of thiol groups is 1. The van der Waals surface area contributed by atoms with Gasteiger partial charge in [-0.15, -0.1) is 0 Å². The highest BCUT2D eigenvalue weighted by Crippen LogP contribution is 2.22. The molecule has 0 saturated heterocycles. The van der Waals surface area contributed by atoms with Crippen molar-refractivity contribution in [3.63, 3.8) is 0 Å². The maximum atomic E-state index is 12.0. The van der Waals surface area contributed by atoms with Crippen LogP contribution in [-0.4, -0.2) is 82.3 Å². The van der Waals surface area contributed by atoms with E-state index in [0.29, 0.717) is 29.2 Å². The van der Waals surface area contributed by atoms with Crippen molar-refractivity contribution >= 4 is 53.9 Å². The molecule has 0 aliphatic rings. The predicted molar refractivity (Wildman–Crippen MR) is 122 cm³/mol. The Kier molecular flexibility index (Phi) is 16.4. The van der Waals surface area contributed by atoms with Gasteiger partial charge in [-0.1, -0.05) is 0 Å². The van der Waals surface area contributed by atoms with Gasteiger partial charge in [0, 0.05) is 11.3 Å². The van der Waals surface area contributed by atoms with Crippen molar-refractivity contribution in [2.45, 2.75) is 24.7 Å². The molecule has 194 valence electrons. The molecule has 0 unspecified atom stereocenters. The van der Waals surface area contributed by atoms with Crippen molar-refractivity contribution in [3.05, 3.63) is 23.8 Å². The molecule has 0 aliphatic heterocycles. The summed E-state index contributed by atoms with van der Waals surface area (Å²) in [5.74, 6) is -4.04. The summed E-state index contributed by atoms with van der Waals surface area (Å²) in [4.78, 5) is 41.8. The second-order valence-electron chi connectivity index (χ2n) is 6.03. The number of anilines is 1. The molecule has 1 rings (SSSR count). The highest BCUT2D eigenvalue weighted by Gasteiger charge is 2.38. The van der Waals surface area contributed by atoms with Gasteiger partial charge in [-0.05, 0) is 36.6 Å². The topological polar surface area (TPSA) is 202 Å². The van der Waals surface area contributed by atoms with E-state index in [2.05, 4.69) is 17.9 Å². The molecular weight excluding hydrogens is 507 g/mol. The lowest BCUT2D eigenvalue weighted by Gasteiger charge is -2.14. The first kappa shape index (κ1) is 33.3. The third-order valence-corrected chi connectivity index (χ3v) is 4.50. The lowest BCUT2D eigenvalue weighted by atomic mass is 10.1. The average Bonchev–Trinajstić information content (AvgIpc) is 2.76. The fourth-order valence-corrected chi connectivity index (χ4v) is 2.29. The average molecular weight is 534 g/mol. The number of rotatable bonds is 9. The number of methoxy groups -OCH3 is 1. The van der Waals surface area contributed by atoms with Crippen LogP contribution in [0.3, 0.4) is 0 Å². The number of benzene rings is 1. The van der Waals surface area contributed by atoms with Gasteiger partial charge >= 0.3 is 24.1 Å². The second-order valence-corrected chi connectivity index (χ2v) is 7.38. The molecule has 8 N–H and O–H groups in total. The van der Waals surface area contributed by atoms with Gasteiger partial charge in [-0.2, -0.15) is 37.6 Å². The van der Waals surface area contributed by atoms with Gasteiger partial charge in [0.05, 0.1) is 12.8 Å². The van der Waals surface area contributed by atoms with Crippen LogP contribution < -0.4 is 21.5 Å². The molecule has 0 aliphatic carbocycles. The molecule has 0 bridgehead atoms. The first-order chi connectivity index (χ1) is 15.6. The Balaban J connectivity index is 0. The summed E-state index contributed by atoms with van der Waals surface area (Å²) in [6.45, 7) is 0. The van der Waals surface area contributed by atoms with Crippen molar-refractivity contribution in [2.24, 2.45) is 5.73 Å². The van der Waals surface area contributed by atoms with Gasteiger partial charge in [0.25, 0.3) is 5.91 Å². The minimum atomic E-state index is -5.08. The van der Waals surface area contributed by atoms with Crippen LogP contribution in [0.15, 0.2) is 18.2 Å². The summed E-state index contributed by atoms with van der Waals surface area (Å²) in [5, 5.41) is 26.7. The zero-order valence-corrected chi connectivity index (χ0v) is 19.7. The molecule has 34 heavy (non-hydrogen) atoms. The third kappa shape index (κ3) is 14.3. The van der Waals surface area contributed by atoms with Crippen LogP contribution in [0, 0.1) is 0 Å². The molecule has 0 fully saturated rings. The maximum absolute atomic E-state index is 12.0. The van der Waals surface area contributed by atoms with Crippen LogP contribution >= 0.6 is 24.4 Å².